The van der Waals surface area contributed by atoms with Gasteiger partial charge in [0.15, 0.2) is 0 Å². The molecule has 0 aromatic heterocycles. The fourth-order valence-electron chi connectivity index (χ4n) is 3.66. The minimum Gasteiger partial charge on any atom is -0.345 e. The van der Waals surface area contributed by atoms with E-state index in [0.29, 0.717) is 17.7 Å². The van der Waals surface area contributed by atoms with Crippen molar-refractivity contribution >= 4 is 23.4 Å². The van der Waals surface area contributed by atoms with E-state index in [1.165, 1.54) is 4.90 Å². The zero-order chi connectivity index (χ0) is 20.9. The molecule has 3 aromatic rings. The maximum atomic E-state index is 12.9. The van der Waals surface area contributed by atoms with Crippen LogP contribution >= 0.6 is 0 Å². The summed E-state index contributed by atoms with van der Waals surface area (Å²) in [7, 11) is 0. The maximum Gasteiger partial charge on any atom is 0.251 e. The molecule has 1 fully saturated rings. The van der Waals surface area contributed by atoms with Crippen molar-refractivity contribution in [1.29, 1.82) is 0 Å². The molecule has 5 heteroatoms. The van der Waals surface area contributed by atoms with E-state index >= 15 is 0 Å². The predicted octanol–water partition coefficient (Wildman–Crippen LogP) is 4.05. The molecule has 0 bridgehead atoms. The molecule has 0 spiro atoms. The lowest BCUT2D eigenvalue weighted by Gasteiger charge is -2.20. The van der Waals surface area contributed by atoms with Crippen molar-refractivity contribution in [3.63, 3.8) is 0 Å². The summed E-state index contributed by atoms with van der Waals surface area (Å²) in [6.07, 6.45) is 1.14. The van der Waals surface area contributed by atoms with Gasteiger partial charge in [0.2, 0.25) is 11.8 Å². The number of hydrogen-bond donors (Lipinski definition) is 1. The molecular weight excluding hydrogens is 376 g/mol. The van der Waals surface area contributed by atoms with Crippen LogP contribution in [-0.2, 0) is 16.0 Å². The molecule has 0 saturated carbocycles. The number of imide groups is 1. The van der Waals surface area contributed by atoms with E-state index < -0.39 is 0 Å². The first-order chi connectivity index (χ1) is 14.6. The molecule has 0 aliphatic carbocycles. The zero-order valence-electron chi connectivity index (χ0n) is 16.5. The SMILES string of the molecule is O=C(NC(Cc1ccccc1)c1ccccc1)c1ccc(N2C(=O)CCC2=O)cc1. The first-order valence-corrected chi connectivity index (χ1v) is 9.97. The maximum absolute atomic E-state index is 12.9. The minimum absolute atomic E-state index is 0.178. The van der Waals surface area contributed by atoms with Gasteiger partial charge in [-0.25, -0.2) is 0 Å². The highest BCUT2D eigenvalue weighted by Crippen LogP contribution is 2.24. The second-order valence-corrected chi connectivity index (χ2v) is 7.30. The van der Waals surface area contributed by atoms with E-state index in [1.807, 2.05) is 60.7 Å². The molecule has 3 aromatic carbocycles. The average molecular weight is 398 g/mol. The number of nitrogens with one attached hydrogen (secondary N) is 1. The van der Waals surface area contributed by atoms with Gasteiger partial charge in [-0.05, 0) is 41.8 Å². The van der Waals surface area contributed by atoms with Crippen LogP contribution < -0.4 is 10.2 Å². The van der Waals surface area contributed by atoms with Gasteiger partial charge in [0.05, 0.1) is 11.7 Å². The van der Waals surface area contributed by atoms with Gasteiger partial charge in [-0.3, -0.25) is 19.3 Å². The summed E-state index contributed by atoms with van der Waals surface area (Å²) in [5, 5.41) is 3.12. The molecule has 3 amide bonds. The first kappa shape index (κ1) is 19.6. The summed E-state index contributed by atoms with van der Waals surface area (Å²) in [6.45, 7) is 0. The van der Waals surface area contributed by atoms with Crippen LogP contribution in [0.1, 0.15) is 40.4 Å². The molecule has 1 unspecified atom stereocenters. The van der Waals surface area contributed by atoms with E-state index in [0.717, 1.165) is 11.1 Å². The fraction of sp³-hybridized carbons (Fsp3) is 0.160. The molecule has 30 heavy (non-hydrogen) atoms. The van der Waals surface area contributed by atoms with Crippen molar-refractivity contribution in [2.45, 2.75) is 25.3 Å². The zero-order valence-corrected chi connectivity index (χ0v) is 16.5. The van der Waals surface area contributed by atoms with Crippen LogP contribution in [0.2, 0.25) is 0 Å². The molecule has 1 saturated heterocycles. The highest BCUT2D eigenvalue weighted by atomic mass is 16.2. The Kier molecular flexibility index (Phi) is 5.70. The number of amides is 3. The Morgan fingerprint density at radius 1 is 0.800 bits per heavy atom. The predicted molar refractivity (Wildman–Crippen MR) is 115 cm³/mol. The Balaban J connectivity index is 1.52. The quantitative estimate of drug-likeness (QED) is 0.637. The third-order valence-electron chi connectivity index (χ3n) is 5.23. The number of carbonyl (C=O) groups is 3. The van der Waals surface area contributed by atoms with Gasteiger partial charge < -0.3 is 5.32 Å². The molecule has 1 heterocycles. The Morgan fingerprint density at radius 3 is 1.97 bits per heavy atom. The van der Waals surface area contributed by atoms with Gasteiger partial charge >= 0.3 is 0 Å². The smallest absolute Gasteiger partial charge is 0.251 e. The molecule has 1 aliphatic rings. The Hall–Kier alpha value is -3.73. The summed E-state index contributed by atoms with van der Waals surface area (Å²) in [4.78, 5) is 37.9. The van der Waals surface area contributed by atoms with E-state index in [-0.39, 0.29) is 36.6 Å². The van der Waals surface area contributed by atoms with Crippen molar-refractivity contribution in [2.24, 2.45) is 0 Å². The third-order valence-corrected chi connectivity index (χ3v) is 5.23. The van der Waals surface area contributed by atoms with Gasteiger partial charge in [0.1, 0.15) is 0 Å². The summed E-state index contributed by atoms with van der Waals surface area (Å²) < 4.78 is 0. The Morgan fingerprint density at radius 2 is 1.37 bits per heavy atom. The van der Waals surface area contributed by atoms with E-state index in [2.05, 4.69) is 5.32 Å². The number of hydrogen-bond acceptors (Lipinski definition) is 3. The topological polar surface area (TPSA) is 66.5 Å². The van der Waals surface area contributed by atoms with Crippen LogP contribution in [0.15, 0.2) is 84.9 Å². The Bertz CT molecular complexity index is 1030. The van der Waals surface area contributed by atoms with Gasteiger partial charge in [0, 0.05) is 18.4 Å². The van der Waals surface area contributed by atoms with E-state index in [4.69, 9.17) is 0 Å². The lowest BCUT2D eigenvalue weighted by molar-refractivity contribution is -0.121. The minimum atomic E-state index is -0.204. The van der Waals surface area contributed by atoms with Gasteiger partial charge in [-0.2, -0.15) is 0 Å². The van der Waals surface area contributed by atoms with Crippen LogP contribution in [0.4, 0.5) is 5.69 Å². The largest absolute Gasteiger partial charge is 0.345 e. The molecule has 1 atom stereocenters. The van der Waals surface area contributed by atoms with Crippen molar-refractivity contribution in [1.82, 2.24) is 5.32 Å². The molecule has 1 N–H and O–H groups in total. The van der Waals surface area contributed by atoms with Crippen LogP contribution in [0, 0.1) is 0 Å². The highest BCUT2D eigenvalue weighted by Gasteiger charge is 2.30. The van der Waals surface area contributed by atoms with Crippen LogP contribution in [-0.4, -0.2) is 17.7 Å². The Labute approximate surface area is 175 Å². The average Bonchev–Trinajstić information content (AvgIpc) is 3.12. The van der Waals surface area contributed by atoms with Crippen molar-refractivity contribution in [3.8, 4) is 0 Å². The molecule has 5 nitrogen and oxygen atoms in total. The van der Waals surface area contributed by atoms with Gasteiger partial charge in [-0.15, -0.1) is 0 Å². The van der Waals surface area contributed by atoms with Gasteiger partial charge in [-0.1, -0.05) is 60.7 Å². The number of rotatable bonds is 6. The number of nitrogens with zero attached hydrogens (tertiary/aromatic N) is 1. The fourth-order valence-corrected chi connectivity index (χ4v) is 3.66. The standard InChI is InChI=1S/C25H22N2O3/c28-23-15-16-24(29)27(23)21-13-11-20(12-14-21)25(30)26-22(19-9-5-2-6-10-19)17-18-7-3-1-4-8-18/h1-14,22H,15-17H2,(H,26,30). The summed E-state index contributed by atoms with van der Waals surface area (Å²) >= 11 is 0. The summed E-state index contributed by atoms with van der Waals surface area (Å²) in [6, 6.07) is 26.3. The van der Waals surface area contributed by atoms with Gasteiger partial charge in [0.25, 0.3) is 5.91 Å². The number of anilines is 1. The summed E-state index contributed by atoms with van der Waals surface area (Å²) in [5.74, 6) is -0.612. The van der Waals surface area contributed by atoms with Crippen LogP contribution in [0.3, 0.4) is 0 Å². The molecule has 4 rings (SSSR count). The van der Waals surface area contributed by atoms with Crippen LogP contribution in [0.5, 0.6) is 0 Å². The summed E-state index contributed by atoms with van der Waals surface area (Å²) in [5.41, 5.74) is 3.14. The lowest BCUT2D eigenvalue weighted by Crippen LogP contribution is -2.30. The molecule has 0 radical (unpaired) electrons. The van der Waals surface area contributed by atoms with Crippen molar-refractivity contribution in [3.05, 3.63) is 102 Å². The molecule has 150 valence electrons. The monoisotopic (exact) mass is 398 g/mol. The van der Waals surface area contributed by atoms with Crippen LogP contribution in [0.25, 0.3) is 0 Å². The lowest BCUT2D eigenvalue weighted by atomic mass is 9.98. The molecule has 1 aliphatic heterocycles. The number of benzene rings is 3. The second-order valence-electron chi connectivity index (χ2n) is 7.30. The van der Waals surface area contributed by atoms with E-state index in [1.54, 1.807) is 24.3 Å². The normalized spacial score (nSPS) is 14.6. The second kappa shape index (κ2) is 8.74. The third kappa shape index (κ3) is 4.30. The molecular formula is C25H22N2O3. The van der Waals surface area contributed by atoms with Crippen molar-refractivity contribution in [2.75, 3.05) is 4.90 Å². The van der Waals surface area contributed by atoms with Crippen molar-refractivity contribution < 1.29 is 14.4 Å². The van der Waals surface area contributed by atoms with E-state index in [9.17, 15) is 14.4 Å². The first-order valence-electron chi connectivity index (χ1n) is 9.97. The highest BCUT2D eigenvalue weighted by molar-refractivity contribution is 6.19. The number of carbonyl (C=O) groups excluding carboxylic acids is 3.